The van der Waals surface area contributed by atoms with Crippen LogP contribution in [0, 0.1) is 12.8 Å². The molecule has 3 aliphatic heterocycles. The van der Waals surface area contributed by atoms with Gasteiger partial charge in [-0.15, -0.1) is 0 Å². The normalized spacial score (nSPS) is 26.8. The Morgan fingerprint density at radius 1 is 1.25 bits per heavy atom. The number of carbonyl (C=O) groups is 2. The van der Waals surface area contributed by atoms with E-state index in [-0.39, 0.29) is 36.0 Å². The summed E-state index contributed by atoms with van der Waals surface area (Å²) >= 11 is 0. The molecule has 0 radical (unpaired) electrons. The first-order valence-corrected chi connectivity index (χ1v) is 12.3. The van der Waals surface area contributed by atoms with Gasteiger partial charge in [0.25, 0.3) is 0 Å². The lowest BCUT2D eigenvalue weighted by atomic mass is 9.85. The van der Waals surface area contributed by atoms with Crippen molar-refractivity contribution in [1.29, 1.82) is 0 Å². The van der Waals surface area contributed by atoms with E-state index in [2.05, 4.69) is 41.9 Å². The van der Waals surface area contributed by atoms with E-state index in [0.717, 1.165) is 30.6 Å². The Hall–Kier alpha value is -2.12. The summed E-state index contributed by atoms with van der Waals surface area (Å²) in [5, 5.41) is 20.0. The molecule has 7 nitrogen and oxygen atoms in total. The van der Waals surface area contributed by atoms with Gasteiger partial charge in [-0.3, -0.25) is 9.59 Å². The molecule has 1 aromatic rings. The summed E-state index contributed by atoms with van der Waals surface area (Å²) in [6, 6.07) is 6.01. The number of carbonyl (C=O) groups excluding carboxylic acids is 2. The summed E-state index contributed by atoms with van der Waals surface area (Å²) in [6.45, 7) is 6.49. The van der Waals surface area contributed by atoms with E-state index in [1.54, 1.807) is 0 Å². The monoisotopic (exact) mass is 442 g/mol. The zero-order chi connectivity index (χ0) is 22.7. The number of aryl methyl sites for hydroxylation is 1. The molecule has 4 N–H and O–H groups in total. The fourth-order valence-corrected chi connectivity index (χ4v) is 5.50. The second kappa shape index (κ2) is 10.2. The highest BCUT2D eigenvalue weighted by Crippen LogP contribution is 2.29. The predicted molar refractivity (Wildman–Crippen MR) is 125 cm³/mol. The molecule has 7 heteroatoms. The largest absolute Gasteiger partial charge is 0.393 e. The number of nitrogens with one attached hydrogen (secondary N) is 3. The Balaban J connectivity index is 1.39. The summed E-state index contributed by atoms with van der Waals surface area (Å²) in [6.07, 6.45) is 5.04. The minimum atomic E-state index is -0.287. The van der Waals surface area contributed by atoms with Crippen molar-refractivity contribution in [3.8, 4) is 0 Å². The van der Waals surface area contributed by atoms with Crippen molar-refractivity contribution in [3.63, 3.8) is 0 Å². The maximum Gasteiger partial charge on any atom is 0.243 e. The lowest BCUT2D eigenvalue weighted by molar-refractivity contribution is -0.133. The molecule has 0 aliphatic carbocycles. The number of fused-ring (bicyclic) bond motifs is 1. The number of aliphatic hydroxyl groups is 1. The van der Waals surface area contributed by atoms with Crippen LogP contribution in [0.5, 0.6) is 0 Å². The lowest BCUT2D eigenvalue weighted by Gasteiger charge is -2.37. The number of amides is 2. The van der Waals surface area contributed by atoms with Crippen molar-refractivity contribution in [2.45, 2.75) is 83.0 Å². The second-order valence-corrected chi connectivity index (χ2v) is 9.88. The van der Waals surface area contributed by atoms with Gasteiger partial charge in [-0.1, -0.05) is 25.1 Å². The van der Waals surface area contributed by atoms with Gasteiger partial charge in [0.2, 0.25) is 11.8 Å². The Morgan fingerprint density at radius 2 is 2.03 bits per heavy atom. The molecule has 32 heavy (non-hydrogen) atoms. The van der Waals surface area contributed by atoms with E-state index < -0.39 is 0 Å². The molecule has 4 unspecified atom stereocenters. The molecule has 0 spiro atoms. The molecule has 0 saturated carbocycles. The maximum atomic E-state index is 13.2. The van der Waals surface area contributed by atoms with Gasteiger partial charge in [0, 0.05) is 43.7 Å². The first-order chi connectivity index (χ1) is 15.4. The van der Waals surface area contributed by atoms with Gasteiger partial charge < -0.3 is 26.0 Å². The average molecular weight is 443 g/mol. The molecule has 3 aliphatic rings. The van der Waals surface area contributed by atoms with Gasteiger partial charge in [-0.2, -0.15) is 0 Å². The average Bonchev–Trinajstić information content (AvgIpc) is 3.23. The first-order valence-electron chi connectivity index (χ1n) is 12.3. The van der Waals surface area contributed by atoms with Crippen LogP contribution in [0.1, 0.15) is 56.6 Å². The molecule has 4 rings (SSSR count). The van der Waals surface area contributed by atoms with Crippen LogP contribution in [0.4, 0.5) is 5.69 Å². The van der Waals surface area contributed by atoms with E-state index in [1.807, 2.05) is 11.0 Å². The van der Waals surface area contributed by atoms with Crippen LogP contribution >= 0.6 is 0 Å². The number of hydrogen-bond acceptors (Lipinski definition) is 5. The van der Waals surface area contributed by atoms with Gasteiger partial charge in [0.05, 0.1) is 6.10 Å². The summed E-state index contributed by atoms with van der Waals surface area (Å²) in [7, 11) is 0. The van der Waals surface area contributed by atoms with Crippen molar-refractivity contribution >= 4 is 17.5 Å². The fraction of sp³-hybridized carbons (Fsp3) is 0.680. The minimum absolute atomic E-state index is 0.0127. The van der Waals surface area contributed by atoms with Crippen LogP contribution in [-0.4, -0.2) is 65.7 Å². The fourth-order valence-electron chi connectivity index (χ4n) is 5.50. The number of benzene rings is 1. The van der Waals surface area contributed by atoms with Crippen molar-refractivity contribution < 1.29 is 14.7 Å². The third-order valence-corrected chi connectivity index (χ3v) is 7.50. The molecule has 4 atom stereocenters. The van der Waals surface area contributed by atoms with Crippen molar-refractivity contribution in [1.82, 2.24) is 15.5 Å². The molecular weight excluding hydrogens is 404 g/mol. The first kappa shape index (κ1) is 23.1. The van der Waals surface area contributed by atoms with Crippen LogP contribution in [0.2, 0.25) is 0 Å². The van der Waals surface area contributed by atoms with Crippen LogP contribution in [0.3, 0.4) is 0 Å². The Bertz CT molecular complexity index is 821. The van der Waals surface area contributed by atoms with Crippen molar-refractivity contribution in [2.24, 2.45) is 5.92 Å². The van der Waals surface area contributed by atoms with Gasteiger partial charge >= 0.3 is 0 Å². The van der Waals surface area contributed by atoms with E-state index in [0.29, 0.717) is 51.1 Å². The Morgan fingerprint density at radius 3 is 2.75 bits per heavy atom. The predicted octanol–water partition coefficient (Wildman–Crippen LogP) is 1.97. The second-order valence-electron chi connectivity index (χ2n) is 9.88. The number of hydrogen-bond donors (Lipinski definition) is 4. The Kier molecular flexibility index (Phi) is 7.36. The molecule has 1 aromatic carbocycles. The van der Waals surface area contributed by atoms with E-state index in [4.69, 9.17) is 0 Å². The van der Waals surface area contributed by atoms with Crippen molar-refractivity contribution in [3.05, 3.63) is 29.3 Å². The maximum absolute atomic E-state index is 13.2. The third-order valence-electron chi connectivity index (χ3n) is 7.50. The number of rotatable bonds is 6. The van der Waals surface area contributed by atoms with Crippen LogP contribution in [0.25, 0.3) is 0 Å². The van der Waals surface area contributed by atoms with E-state index >= 15 is 0 Å². The van der Waals surface area contributed by atoms with Gasteiger partial charge in [0.1, 0.15) is 6.04 Å². The number of likely N-dealkylation sites (tertiary alicyclic amines) is 1. The van der Waals surface area contributed by atoms with Gasteiger partial charge in [-0.05, 0) is 62.6 Å². The summed E-state index contributed by atoms with van der Waals surface area (Å²) in [5.41, 5.74) is 3.43. The highest BCUT2D eigenvalue weighted by atomic mass is 16.3. The summed E-state index contributed by atoms with van der Waals surface area (Å²) in [4.78, 5) is 27.9. The number of aliphatic hydroxyl groups excluding tert-OH is 1. The molecule has 2 fully saturated rings. The van der Waals surface area contributed by atoms with Gasteiger partial charge in [-0.25, -0.2) is 0 Å². The molecule has 0 aromatic heterocycles. The van der Waals surface area contributed by atoms with E-state index in [1.165, 1.54) is 5.56 Å². The zero-order valence-electron chi connectivity index (χ0n) is 19.4. The molecule has 2 saturated heterocycles. The van der Waals surface area contributed by atoms with Gasteiger partial charge in [0.15, 0.2) is 0 Å². The number of nitrogens with zero attached hydrogens (tertiary/aromatic N) is 1. The number of para-hydroxylation sites is 1. The SMILES string of the molecule is Cc1cccc2c1NC(C(=O)NC(CCC(=O)N1CCC(O)CC1)C1NCCCC1C)C2. The van der Waals surface area contributed by atoms with Crippen LogP contribution in [-0.2, 0) is 16.0 Å². The smallest absolute Gasteiger partial charge is 0.243 e. The molecule has 3 heterocycles. The highest BCUT2D eigenvalue weighted by Gasteiger charge is 2.34. The van der Waals surface area contributed by atoms with E-state index in [9.17, 15) is 14.7 Å². The quantitative estimate of drug-likeness (QED) is 0.541. The summed E-state index contributed by atoms with van der Waals surface area (Å²) < 4.78 is 0. The zero-order valence-corrected chi connectivity index (χ0v) is 19.4. The molecule has 0 bridgehead atoms. The van der Waals surface area contributed by atoms with Crippen LogP contribution in [0.15, 0.2) is 18.2 Å². The molecule has 176 valence electrons. The lowest BCUT2D eigenvalue weighted by Crippen LogP contribution is -2.57. The Labute approximate surface area is 191 Å². The minimum Gasteiger partial charge on any atom is -0.393 e. The number of anilines is 1. The highest BCUT2D eigenvalue weighted by molar-refractivity contribution is 5.88. The van der Waals surface area contributed by atoms with Crippen molar-refractivity contribution in [2.75, 3.05) is 25.0 Å². The number of piperidine rings is 2. The topological polar surface area (TPSA) is 93.7 Å². The summed E-state index contributed by atoms with van der Waals surface area (Å²) in [5.74, 6) is 0.589. The third kappa shape index (κ3) is 5.26. The molecular formula is C25H38N4O3. The standard InChI is InChI=1S/C25H38N4O3/c1-16-5-3-7-18-15-21(27-23(16)18)25(32)28-20(24-17(2)6-4-12-26-24)8-9-22(31)29-13-10-19(30)11-14-29/h3,5,7,17,19-21,24,26-27,30H,4,6,8-15H2,1-2H3,(H,28,32). The molecule has 2 amide bonds. The van der Waals surface area contributed by atoms with Crippen LogP contribution < -0.4 is 16.0 Å².